The van der Waals surface area contributed by atoms with E-state index in [9.17, 15) is 8.78 Å². The highest BCUT2D eigenvalue weighted by Crippen LogP contribution is 2.28. The molecule has 0 fully saturated rings. The Hall–Kier alpha value is -1.34. The third-order valence-electron chi connectivity index (χ3n) is 2.56. The average Bonchev–Trinajstić information content (AvgIpc) is 2.70. The van der Waals surface area contributed by atoms with Crippen LogP contribution in [-0.2, 0) is 13.1 Å². The number of rotatable bonds is 3. The van der Waals surface area contributed by atoms with Crippen LogP contribution in [-0.4, -0.2) is 14.8 Å². The maximum atomic E-state index is 13.8. The molecule has 0 unspecified atom stereocenters. The van der Waals surface area contributed by atoms with Gasteiger partial charge in [0.05, 0.1) is 12.1 Å². The van der Waals surface area contributed by atoms with Crippen molar-refractivity contribution in [2.24, 2.45) is 5.73 Å². The maximum absolute atomic E-state index is 13.8. The second kappa shape index (κ2) is 5.11. The second-order valence-electron chi connectivity index (χ2n) is 3.63. The molecule has 2 rings (SSSR count). The van der Waals surface area contributed by atoms with Crippen molar-refractivity contribution in [3.8, 4) is 11.4 Å². The smallest absolute Gasteiger partial charge is 0.169 e. The van der Waals surface area contributed by atoms with Crippen LogP contribution in [0.5, 0.6) is 0 Å². The van der Waals surface area contributed by atoms with Gasteiger partial charge in [0, 0.05) is 11.0 Å². The number of hydrogen-bond donors (Lipinski definition) is 1. The summed E-state index contributed by atoms with van der Waals surface area (Å²) in [5.74, 6) is -0.727. The van der Waals surface area contributed by atoms with Crippen LogP contribution in [0.3, 0.4) is 0 Å². The van der Waals surface area contributed by atoms with Crippen molar-refractivity contribution in [1.82, 2.24) is 14.8 Å². The first-order chi connectivity index (χ1) is 8.58. The average molecular weight is 317 g/mol. The molecular weight excluding hydrogens is 306 g/mol. The lowest BCUT2D eigenvalue weighted by Gasteiger charge is -2.08. The van der Waals surface area contributed by atoms with Gasteiger partial charge in [0.25, 0.3) is 0 Å². The van der Waals surface area contributed by atoms with E-state index in [0.717, 1.165) is 0 Å². The van der Waals surface area contributed by atoms with E-state index in [1.165, 1.54) is 12.1 Å². The molecule has 2 N–H and O–H groups in total. The fourth-order valence-corrected chi connectivity index (χ4v) is 2.16. The van der Waals surface area contributed by atoms with Crippen LogP contribution in [0.15, 0.2) is 16.6 Å². The van der Waals surface area contributed by atoms with Gasteiger partial charge in [-0.05, 0) is 19.1 Å². The second-order valence-corrected chi connectivity index (χ2v) is 4.55. The Morgan fingerprint density at radius 3 is 2.39 bits per heavy atom. The molecule has 1 heterocycles. The molecule has 7 heteroatoms. The predicted molar refractivity (Wildman–Crippen MR) is 66.6 cm³/mol. The molecule has 0 saturated heterocycles. The molecule has 0 aliphatic heterocycles. The van der Waals surface area contributed by atoms with Gasteiger partial charge in [0.1, 0.15) is 17.5 Å². The van der Waals surface area contributed by atoms with E-state index in [-0.39, 0.29) is 17.9 Å². The quantitative estimate of drug-likeness (QED) is 0.946. The normalized spacial score (nSPS) is 10.9. The summed E-state index contributed by atoms with van der Waals surface area (Å²) in [4.78, 5) is 0. The van der Waals surface area contributed by atoms with E-state index >= 15 is 0 Å². The maximum Gasteiger partial charge on any atom is 0.169 e. The third-order valence-corrected chi connectivity index (χ3v) is 3.01. The Balaban J connectivity index is 2.66. The molecule has 0 amide bonds. The molecule has 1 aromatic heterocycles. The van der Waals surface area contributed by atoms with Gasteiger partial charge >= 0.3 is 0 Å². The van der Waals surface area contributed by atoms with Gasteiger partial charge in [-0.25, -0.2) is 8.78 Å². The van der Waals surface area contributed by atoms with Gasteiger partial charge in [0.15, 0.2) is 5.82 Å². The van der Waals surface area contributed by atoms with Crippen LogP contribution >= 0.6 is 15.9 Å². The van der Waals surface area contributed by atoms with E-state index in [2.05, 4.69) is 26.1 Å². The Bertz CT molecular complexity index is 559. The topological polar surface area (TPSA) is 56.7 Å². The number of aromatic nitrogens is 3. The van der Waals surface area contributed by atoms with Crippen molar-refractivity contribution >= 4 is 15.9 Å². The highest BCUT2D eigenvalue weighted by Gasteiger charge is 2.20. The number of hydrogen-bond acceptors (Lipinski definition) is 3. The number of nitrogens with two attached hydrogens (primary N) is 1. The summed E-state index contributed by atoms with van der Waals surface area (Å²) in [6, 6.07) is 2.38. The zero-order valence-corrected chi connectivity index (χ0v) is 11.2. The molecule has 1 aromatic carbocycles. The standard InChI is InChI=1S/C11H11BrF2N4/c1-2-18-9(5-15)16-17-11(18)10-7(13)3-6(12)4-8(10)14/h3-4H,2,5,15H2,1H3. The monoisotopic (exact) mass is 316 g/mol. The van der Waals surface area contributed by atoms with Gasteiger partial charge in [-0.15, -0.1) is 10.2 Å². The van der Waals surface area contributed by atoms with E-state index < -0.39 is 11.6 Å². The molecular formula is C11H11BrF2N4. The Morgan fingerprint density at radius 1 is 1.28 bits per heavy atom. The van der Waals surface area contributed by atoms with Crippen molar-refractivity contribution in [2.75, 3.05) is 0 Å². The molecule has 0 atom stereocenters. The van der Waals surface area contributed by atoms with Gasteiger partial charge in [-0.1, -0.05) is 15.9 Å². The number of nitrogens with zero attached hydrogens (tertiary/aromatic N) is 3. The van der Waals surface area contributed by atoms with Crippen LogP contribution in [0.4, 0.5) is 8.78 Å². The minimum atomic E-state index is -0.687. The Labute approximate surface area is 111 Å². The number of halogens is 3. The summed E-state index contributed by atoms with van der Waals surface area (Å²) >= 11 is 3.03. The van der Waals surface area contributed by atoms with Crippen molar-refractivity contribution in [3.05, 3.63) is 34.1 Å². The van der Waals surface area contributed by atoms with Crippen LogP contribution in [0.1, 0.15) is 12.7 Å². The lowest BCUT2D eigenvalue weighted by Crippen LogP contribution is -2.09. The van der Waals surface area contributed by atoms with E-state index in [1.54, 1.807) is 4.57 Å². The Kier molecular flexibility index (Phi) is 3.72. The molecule has 0 saturated carbocycles. The van der Waals surface area contributed by atoms with Crippen LogP contribution in [0, 0.1) is 11.6 Å². The molecule has 0 bridgehead atoms. The largest absolute Gasteiger partial charge is 0.324 e. The lowest BCUT2D eigenvalue weighted by atomic mass is 10.2. The van der Waals surface area contributed by atoms with Crippen molar-refractivity contribution in [3.63, 3.8) is 0 Å². The fraction of sp³-hybridized carbons (Fsp3) is 0.273. The summed E-state index contributed by atoms with van der Waals surface area (Å²) < 4.78 is 29.6. The molecule has 0 aliphatic carbocycles. The highest BCUT2D eigenvalue weighted by atomic mass is 79.9. The van der Waals surface area contributed by atoms with Gasteiger partial charge < -0.3 is 10.3 Å². The lowest BCUT2D eigenvalue weighted by molar-refractivity contribution is 0.582. The van der Waals surface area contributed by atoms with E-state index in [4.69, 9.17) is 5.73 Å². The van der Waals surface area contributed by atoms with Crippen molar-refractivity contribution in [2.45, 2.75) is 20.0 Å². The van der Waals surface area contributed by atoms with Crippen molar-refractivity contribution in [1.29, 1.82) is 0 Å². The summed E-state index contributed by atoms with van der Waals surface area (Å²) in [6.45, 7) is 2.49. The van der Waals surface area contributed by atoms with E-state index in [1.807, 2.05) is 6.92 Å². The molecule has 0 radical (unpaired) electrons. The Morgan fingerprint density at radius 2 is 1.89 bits per heavy atom. The summed E-state index contributed by atoms with van der Waals surface area (Å²) in [5, 5.41) is 7.65. The molecule has 0 spiro atoms. The zero-order valence-electron chi connectivity index (χ0n) is 9.62. The summed E-state index contributed by atoms with van der Waals surface area (Å²) in [5.41, 5.74) is 5.31. The predicted octanol–water partition coefficient (Wildman–Crippen LogP) is 2.46. The zero-order chi connectivity index (χ0) is 13.3. The SMILES string of the molecule is CCn1c(CN)nnc1-c1c(F)cc(Br)cc1F. The summed E-state index contributed by atoms with van der Waals surface area (Å²) in [6.07, 6.45) is 0. The minimum absolute atomic E-state index is 0.153. The first-order valence-electron chi connectivity index (χ1n) is 5.35. The first kappa shape index (κ1) is 13.1. The molecule has 2 aromatic rings. The minimum Gasteiger partial charge on any atom is -0.324 e. The van der Waals surface area contributed by atoms with Gasteiger partial charge in [-0.3, -0.25) is 0 Å². The van der Waals surface area contributed by atoms with Gasteiger partial charge in [-0.2, -0.15) is 0 Å². The third kappa shape index (κ3) is 2.15. The van der Waals surface area contributed by atoms with Crippen LogP contribution in [0.2, 0.25) is 0 Å². The molecule has 96 valence electrons. The first-order valence-corrected chi connectivity index (χ1v) is 6.14. The highest BCUT2D eigenvalue weighted by molar-refractivity contribution is 9.10. The summed E-state index contributed by atoms with van der Waals surface area (Å²) in [7, 11) is 0. The van der Waals surface area contributed by atoms with Crippen LogP contribution in [0.25, 0.3) is 11.4 Å². The van der Waals surface area contributed by atoms with Crippen molar-refractivity contribution < 1.29 is 8.78 Å². The van der Waals surface area contributed by atoms with Crippen LogP contribution < -0.4 is 5.73 Å². The molecule has 0 aliphatic rings. The molecule has 4 nitrogen and oxygen atoms in total. The van der Waals surface area contributed by atoms with E-state index in [0.29, 0.717) is 16.8 Å². The van der Waals surface area contributed by atoms with Gasteiger partial charge in [0.2, 0.25) is 0 Å². The fourth-order valence-electron chi connectivity index (χ4n) is 1.76. The number of benzene rings is 1. The molecule has 18 heavy (non-hydrogen) atoms.